The molecule has 4 heteroatoms. The van der Waals surface area contributed by atoms with E-state index >= 15 is 0 Å². The second-order valence-corrected chi connectivity index (χ2v) is 3.73. The van der Waals surface area contributed by atoms with Gasteiger partial charge in [-0.05, 0) is 6.92 Å². The summed E-state index contributed by atoms with van der Waals surface area (Å²) in [6, 6.07) is 0. The topological polar surface area (TPSA) is 12.0 Å². The summed E-state index contributed by atoms with van der Waals surface area (Å²) in [6.45, 7) is 2.24. The van der Waals surface area contributed by atoms with E-state index in [1.807, 2.05) is 0 Å². The molecule has 0 radical (unpaired) electrons. The predicted molar refractivity (Wildman–Crippen MR) is 34.9 cm³/mol. The van der Waals surface area contributed by atoms with E-state index in [1.165, 1.54) is 18.7 Å². The van der Waals surface area contributed by atoms with Crippen LogP contribution in [0.4, 0.5) is 8.78 Å². The van der Waals surface area contributed by atoms with Crippen LogP contribution in [0.5, 0.6) is 0 Å². The Bertz CT molecular complexity index is 101. The molecule has 1 aliphatic rings. The zero-order valence-electron chi connectivity index (χ0n) is 5.16. The molecule has 9 heavy (non-hydrogen) atoms. The first kappa shape index (κ1) is 7.28. The van der Waals surface area contributed by atoms with Gasteiger partial charge >= 0.3 is 0 Å². The molecule has 0 spiro atoms. The third kappa shape index (κ3) is 1.35. The molecule has 0 aromatic carbocycles. The molecule has 1 fully saturated rings. The van der Waals surface area contributed by atoms with Crippen molar-refractivity contribution in [3.63, 3.8) is 0 Å². The van der Waals surface area contributed by atoms with Gasteiger partial charge in [-0.25, -0.2) is 8.78 Å². The normalized spacial score (nSPS) is 36.0. The summed E-state index contributed by atoms with van der Waals surface area (Å²) in [4.78, 5) is -0.972. The zero-order valence-corrected chi connectivity index (χ0v) is 5.97. The van der Waals surface area contributed by atoms with Crippen molar-refractivity contribution in [2.45, 2.75) is 18.2 Å². The van der Waals surface area contributed by atoms with E-state index in [2.05, 4.69) is 5.32 Å². The lowest BCUT2D eigenvalue weighted by molar-refractivity contribution is 0.0942. The number of hydrogen-bond acceptors (Lipinski definition) is 2. The molecule has 1 heterocycles. The highest BCUT2D eigenvalue weighted by molar-refractivity contribution is 8.00. The Balaban J connectivity index is 2.51. The molecule has 0 bridgehead atoms. The van der Waals surface area contributed by atoms with E-state index in [0.29, 0.717) is 6.54 Å². The third-order valence-corrected chi connectivity index (χ3v) is 2.73. The van der Waals surface area contributed by atoms with Gasteiger partial charge in [0.15, 0.2) is 0 Å². The number of hydrogen-bond donors (Lipinski definition) is 1. The minimum atomic E-state index is -2.26. The van der Waals surface area contributed by atoms with Crippen LogP contribution in [0.2, 0.25) is 0 Å². The summed E-state index contributed by atoms with van der Waals surface area (Å²) in [7, 11) is 0. The van der Waals surface area contributed by atoms with Crippen molar-refractivity contribution in [3.05, 3.63) is 0 Å². The van der Waals surface area contributed by atoms with E-state index < -0.39 is 11.3 Å². The zero-order chi connectivity index (χ0) is 6.91. The van der Waals surface area contributed by atoms with E-state index in [0.717, 1.165) is 5.75 Å². The van der Waals surface area contributed by atoms with Crippen LogP contribution in [0, 0.1) is 0 Å². The van der Waals surface area contributed by atoms with Crippen molar-refractivity contribution in [1.29, 1.82) is 0 Å². The molecule has 1 aliphatic heterocycles. The molecule has 1 unspecified atom stereocenters. The Morgan fingerprint density at radius 1 is 1.67 bits per heavy atom. The molecule has 54 valence electrons. The van der Waals surface area contributed by atoms with E-state index in [4.69, 9.17) is 0 Å². The molecule has 1 atom stereocenters. The van der Waals surface area contributed by atoms with E-state index in [-0.39, 0.29) is 0 Å². The Morgan fingerprint density at radius 3 is 2.56 bits per heavy atom. The third-order valence-electron chi connectivity index (χ3n) is 1.40. The van der Waals surface area contributed by atoms with Crippen molar-refractivity contribution in [2.75, 3.05) is 12.3 Å². The first-order valence-corrected chi connectivity index (χ1v) is 3.81. The molecule has 1 nitrogen and oxygen atoms in total. The number of thioether (sulfide) groups is 1. The first-order valence-electron chi connectivity index (χ1n) is 2.82. The van der Waals surface area contributed by atoms with Gasteiger partial charge in [-0.15, -0.1) is 11.8 Å². The number of halogens is 2. The van der Waals surface area contributed by atoms with Gasteiger partial charge < -0.3 is 0 Å². The van der Waals surface area contributed by atoms with Gasteiger partial charge in [-0.1, -0.05) is 0 Å². The smallest absolute Gasteiger partial charge is 0.265 e. The van der Waals surface area contributed by atoms with Crippen LogP contribution < -0.4 is 5.32 Å². The quantitative estimate of drug-likeness (QED) is 0.609. The van der Waals surface area contributed by atoms with Crippen molar-refractivity contribution >= 4 is 11.8 Å². The summed E-state index contributed by atoms with van der Waals surface area (Å²) in [5, 5.41) is 2.75. The number of nitrogens with one attached hydrogen (secondary N) is 1. The lowest BCUT2D eigenvalue weighted by atomic mass is 10.3. The van der Waals surface area contributed by atoms with Gasteiger partial charge in [0.2, 0.25) is 0 Å². The maximum atomic E-state index is 12.0. The summed E-state index contributed by atoms with van der Waals surface area (Å²) in [6.07, 6.45) is -2.26. The highest BCUT2D eigenvalue weighted by Crippen LogP contribution is 2.32. The predicted octanol–water partition coefficient (Wildman–Crippen LogP) is 1.30. The highest BCUT2D eigenvalue weighted by Gasteiger charge is 2.38. The minimum absolute atomic E-state index is 0.700. The highest BCUT2D eigenvalue weighted by atomic mass is 32.2. The molecule has 0 aromatic rings. The Morgan fingerprint density at radius 2 is 2.33 bits per heavy atom. The number of rotatable bonds is 1. The molecule has 0 aromatic heterocycles. The van der Waals surface area contributed by atoms with Crippen LogP contribution in [-0.4, -0.2) is 23.6 Å². The largest absolute Gasteiger partial charge is 0.297 e. The Kier molecular flexibility index (Phi) is 1.96. The molecule has 1 rings (SSSR count). The molecule has 1 saturated heterocycles. The molecule has 0 aliphatic carbocycles. The van der Waals surface area contributed by atoms with Crippen LogP contribution in [0.1, 0.15) is 6.92 Å². The second-order valence-electron chi connectivity index (χ2n) is 2.18. The van der Waals surface area contributed by atoms with Crippen molar-refractivity contribution in [3.8, 4) is 0 Å². The van der Waals surface area contributed by atoms with Gasteiger partial charge in [-0.3, -0.25) is 5.32 Å². The lowest BCUT2D eigenvalue weighted by Gasteiger charge is -2.21. The Labute approximate surface area is 57.2 Å². The fourth-order valence-corrected chi connectivity index (χ4v) is 1.71. The first-order chi connectivity index (χ1) is 4.15. The Hall–Kier alpha value is 0.170. The maximum Gasteiger partial charge on any atom is 0.265 e. The molecule has 0 saturated carbocycles. The van der Waals surface area contributed by atoms with Crippen molar-refractivity contribution in [2.24, 2.45) is 0 Å². The average Bonchev–Trinajstić information content (AvgIpc) is 2.16. The summed E-state index contributed by atoms with van der Waals surface area (Å²) in [5.41, 5.74) is 0. The van der Waals surface area contributed by atoms with Crippen LogP contribution in [0.25, 0.3) is 0 Å². The van der Waals surface area contributed by atoms with Crippen molar-refractivity contribution < 1.29 is 8.78 Å². The molecule has 0 amide bonds. The summed E-state index contributed by atoms with van der Waals surface area (Å²) in [5.74, 6) is 0.792. The number of alkyl halides is 2. The summed E-state index contributed by atoms with van der Waals surface area (Å²) >= 11 is 1.29. The molecular weight excluding hydrogens is 144 g/mol. The van der Waals surface area contributed by atoms with Crippen LogP contribution in [0.3, 0.4) is 0 Å². The standard InChI is InChI=1S/C5H9F2NS/c1-5(4(6)7)8-2-3-9-5/h4,8H,2-3H2,1H3. The minimum Gasteiger partial charge on any atom is -0.297 e. The van der Waals surface area contributed by atoms with E-state index in [1.54, 1.807) is 0 Å². The lowest BCUT2D eigenvalue weighted by Crippen LogP contribution is -2.40. The molecular formula is C5H9F2NS. The fraction of sp³-hybridized carbons (Fsp3) is 1.00. The van der Waals surface area contributed by atoms with Crippen LogP contribution >= 0.6 is 11.8 Å². The molecule has 1 N–H and O–H groups in total. The van der Waals surface area contributed by atoms with Crippen molar-refractivity contribution in [1.82, 2.24) is 5.32 Å². The van der Waals surface area contributed by atoms with Gasteiger partial charge in [-0.2, -0.15) is 0 Å². The maximum absolute atomic E-state index is 12.0. The second kappa shape index (κ2) is 2.42. The van der Waals surface area contributed by atoms with Crippen LogP contribution in [-0.2, 0) is 0 Å². The SMILES string of the molecule is CC1(C(F)F)NCCS1. The van der Waals surface area contributed by atoms with Gasteiger partial charge in [0.1, 0.15) is 4.87 Å². The van der Waals surface area contributed by atoms with Gasteiger partial charge in [0.25, 0.3) is 6.43 Å². The average molecular weight is 153 g/mol. The van der Waals surface area contributed by atoms with Gasteiger partial charge in [0.05, 0.1) is 0 Å². The summed E-state index contributed by atoms with van der Waals surface area (Å²) < 4.78 is 24.1. The van der Waals surface area contributed by atoms with Gasteiger partial charge in [0, 0.05) is 12.3 Å². The van der Waals surface area contributed by atoms with Crippen LogP contribution in [0.15, 0.2) is 0 Å². The monoisotopic (exact) mass is 153 g/mol. The van der Waals surface area contributed by atoms with E-state index in [9.17, 15) is 8.78 Å². The fourth-order valence-electron chi connectivity index (χ4n) is 0.753.